The smallest absolute Gasteiger partial charge is 0.310 e. The van der Waals surface area contributed by atoms with E-state index in [1.807, 2.05) is 18.2 Å². The molecule has 0 N–H and O–H groups in total. The minimum atomic E-state index is -0.325. The van der Waals surface area contributed by atoms with Gasteiger partial charge in [-0.15, -0.1) is 0 Å². The number of hydrogen-bond donors (Lipinski definition) is 0. The van der Waals surface area contributed by atoms with Crippen molar-refractivity contribution < 1.29 is 23.7 Å². The molecule has 1 aliphatic rings. The average molecular weight is 419 g/mol. The second kappa shape index (κ2) is 12.0. The van der Waals surface area contributed by atoms with E-state index in [0.29, 0.717) is 30.6 Å². The molecular weight excluding hydrogens is 380 g/mol. The Labute approximate surface area is 181 Å². The number of cyclic esters (lactones) is 1. The number of carbonyl (C=O) groups is 1. The first-order valence-electron chi connectivity index (χ1n) is 11.0. The SMILES string of the molecule is COCCCOc1cc([C@@H]2OC(=O)[C@H](C(C)C)C/C=C\C[C@H]2C(C)C)ccc1OC. The number of methoxy groups -OCH3 is 2. The van der Waals surface area contributed by atoms with Gasteiger partial charge in [-0.1, -0.05) is 45.9 Å². The van der Waals surface area contributed by atoms with Crippen LogP contribution in [-0.4, -0.2) is 33.4 Å². The lowest BCUT2D eigenvalue weighted by molar-refractivity contribution is -0.159. The predicted octanol–water partition coefficient (Wildman–Crippen LogP) is 5.59. The zero-order valence-electron chi connectivity index (χ0n) is 19.4. The highest BCUT2D eigenvalue weighted by atomic mass is 16.5. The fraction of sp³-hybridized carbons (Fsp3) is 0.640. The lowest BCUT2D eigenvalue weighted by Gasteiger charge is -2.31. The number of allylic oxidation sites excluding steroid dienone is 2. The van der Waals surface area contributed by atoms with Crippen LogP contribution in [0.2, 0.25) is 0 Å². The molecule has 1 aromatic carbocycles. The number of carbonyl (C=O) groups excluding carboxylic acids is 1. The summed E-state index contributed by atoms with van der Waals surface area (Å²) in [6, 6.07) is 5.85. The molecule has 0 bridgehead atoms. The molecule has 0 amide bonds. The summed E-state index contributed by atoms with van der Waals surface area (Å²) in [5.41, 5.74) is 0.947. The second-order valence-electron chi connectivity index (χ2n) is 8.66. The van der Waals surface area contributed by atoms with Gasteiger partial charge in [-0.25, -0.2) is 0 Å². The third kappa shape index (κ3) is 6.49. The van der Waals surface area contributed by atoms with E-state index < -0.39 is 0 Å². The van der Waals surface area contributed by atoms with Crippen LogP contribution >= 0.6 is 0 Å². The summed E-state index contributed by atoms with van der Waals surface area (Å²) in [4.78, 5) is 13.0. The largest absolute Gasteiger partial charge is 0.493 e. The molecule has 1 aliphatic heterocycles. The molecule has 0 unspecified atom stereocenters. The Kier molecular flexibility index (Phi) is 9.70. The molecule has 0 aliphatic carbocycles. The minimum Gasteiger partial charge on any atom is -0.493 e. The highest BCUT2D eigenvalue weighted by Gasteiger charge is 2.33. The molecule has 0 saturated carbocycles. The molecule has 0 fully saturated rings. The molecule has 0 aromatic heterocycles. The lowest BCUT2D eigenvalue weighted by atomic mass is 9.83. The van der Waals surface area contributed by atoms with E-state index in [9.17, 15) is 4.79 Å². The standard InChI is InChI=1S/C25H38O5/c1-17(2)20-10-7-8-11-21(18(3)4)25(26)30-24(20)19-12-13-22(28-6)23(16-19)29-15-9-14-27-5/h7-8,12-13,16-18,20-21,24H,9-11,14-15H2,1-6H3/b8-7-/t20-,21-,24-/m0/s1. The molecule has 30 heavy (non-hydrogen) atoms. The second-order valence-corrected chi connectivity index (χ2v) is 8.66. The molecule has 1 heterocycles. The first-order chi connectivity index (χ1) is 14.4. The summed E-state index contributed by atoms with van der Waals surface area (Å²) in [6.45, 7) is 9.69. The highest BCUT2D eigenvalue weighted by Crippen LogP contribution is 2.40. The van der Waals surface area contributed by atoms with Crippen molar-refractivity contribution >= 4 is 5.97 Å². The van der Waals surface area contributed by atoms with Crippen molar-refractivity contribution in [3.63, 3.8) is 0 Å². The Morgan fingerprint density at radius 3 is 2.37 bits per heavy atom. The van der Waals surface area contributed by atoms with Crippen LogP contribution in [0.1, 0.15) is 58.6 Å². The maximum atomic E-state index is 13.0. The fourth-order valence-electron chi connectivity index (χ4n) is 3.87. The summed E-state index contributed by atoms with van der Waals surface area (Å²) < 4.78 is 22.7. The van der Waals surface area contributed by atoms with Crippen molar-refractivity contribution in [1.29, 1.82) is 0 Å². The van der Waals surface area contributed by atoms with Crippen molar-refractivity contribution in [1.82, 2.24) is 0 Å². The van der Waals surface area contributed by atoms with Gasteiger partial charge in [0.05, 0.1) is 19.6 Å². The Hall–Kier alpha value is -2.01. The third-order valence-corrected chi connectivity index (χ3v) is 5.83. The Morgan fingerprint density at radius 1 is 1.00 bits per heavy atom. The predicted molar refractivity (Wildman–Crippen MR) is 119 cm³/mol. The summed E-state index contributed by atoms with van der Waals surface area (Å²) >= 11 is 0. The molecule has 2 rings (SSSR count). The summed E-state index contributed by atoms with van der Waals surface area (Å²) in [5.74, 6) is 1.87. The van der Waals surface area contributed by atoms with Gasteiger partial charge in [-0.2, -0.15) is 0 Å². The van der Waals surface area contributed by atoms with E-state index in [2.05, 4.69) is 39.8 Å². The van der Waals surface area contributed by atoms with Crippen LogP contribution in [0, 0.1) is 23.7 Å². The summed E-state index contributed by atoms with van der Waals surface area (Å²) in [6.07, 6.45) is 6.41. The van der Waals surface area contributed by atoms with E-state index >= 15 is 0 Å². The van der Waals surface area contributed by atoms with E-state index in [-0.39, 0.29) is 29.8 Å². The van der Waals surface area contributed by atoms with Gasteiger partial charge < -0.3 is 18.9 Å². The topological polar surface area (TPSA) is 54.0 Å². The van der Waals surface area contributed by atoms with E-state index in [1.54, 1.807) is 14.2 Å². The number of rotatable bonds is 9. The lowest BCUT2D eigenvalue weighted by Crippen LogP contribution is -2.28. The van der Waals surface area contributed by atoms with Crippen LogP contribution in [0.4, 0.5) is 0 Å². The molecule has 0 saturated heterocycles. The summed E-state index contributed by atoms with van der Waals surface area (Å²) in [7, 11) is 3.31. The molecule has 5 nitrogen and oxygen atoms in total. The van der Waals surface area contributed by atoms with Gasteiger partial charge >= 0.3 is 5.97 Å². The fourth-order valence-corrected chi connectivity index (χ4v) is 3.87. The van der Waals surface area contributed by atoms with Gasteiger partial charge in [0.2, 0.25) is 0 Å². The molecule has 0 spiro atoms. The monoisotopic (exact) mass is 418 g/mol. The van der Waals surface area contributed by atoms with Gasteiger partial charge in [0.1, 0.15) is 6.10 Å². The Morgan fingerprint density at radius 2 is 1.73 bits per heavy atom. The molecule has 5 heteroatoms. The van der Waals surface area contributed by atoms with Crippen LogP contribution in [-0.2, 0) is 14.3 Å². The minimum absolute atomic E-state index is 0.120. The quantitative estimate of drug-likeness (QED) is 0.297. The van der Waals surface area contributed by atoms with Gasteiger partial charge in [-0.3, -0.25) is 4.79 Å². The highest BCUT2D eigenvalue weighted by molar-refractivity contribution is 5.73. The number of esters is 1. The average Bonchev–Trinajstić information content (AvgIpc) is 2.79. The van der Waals surface area contributed by atoms with Crippen molar-refractivity contribution in [2.75, 3.05) is 27.4 Å². The number of ether oxygens (including phenoxy) is 4. The Balaban J connectivity index is 2.36. The maximum Gasteiger partial charge on any atom is 0.310 e. The van der Waals surface area contributed by atoms with Crippen LogP contribution < -0.4 is 9.47 Å². The number of benzene rings is 1. The zero-order valence-corrected chi connectivity index (χ0v) is 19.4. The molecular formula is C25H38O5. The zero-order chi connectivity index (χ0) is 22.1. The number of hydrogen-bond acceptors (Lipinski definition) is 5. The van der Waals surface area contributed by atoms with E-state index in [0.717, 1.165) is 24.8 Å². The maximum absolute atomic E-state index is 13.0. The first kappa shape index (κ1) is 24.3. The van der Waals surface area contributed by atoms with Crippen LogP contribution in [0.15, 0.2) is 30.4 Å². The van der Waals surface area contributed by atoms with Crippen LogP contribution in [0.5, 0.6) is 11.5 Å². The Bertz CT molecular complexity index is 695. The van der Waals surface area contributed by atoms with E-state index in [1.165, 1.54) is 0 Å². The van der Waals surface area contributed by atoms with Crippen molar-refractivity contribution in [2.24, 2.45) is 23.7 Å². The normalized spacial score (nSPS) is 23.5. The molecule has 0 radical (unpaired) electrons. The third-order valence-electron chi connectivity index (χ3n) is 5.83. The van der Waals surface area contributed by atoms with Gasteiger partial charge in [0, 0.05) is 26.1 Å². The van der Waals surface area contributed by atoms with Gasteiger partial charge in [0.25, 0.3) is 0 Å². The summed E-state index contributed by atoms with van der Waals surface area (Å²) in [5, 5.41) is 0. The molecule has 3 atom stereocenters. The molecule has 1 aromatic rings. The van der Waals surface area contributed by atoms with Crippen LogP contribution in [0.3, 0.4) is 0 Å². The van der Waals surface area contributed by atoms with Gasteiger partial charge in [-0.05, 0) is 42.4 Å². The van der Waals surface area contributed by atoms with E-state index in [4.69, 9.17) is 18.9 Å². The first-order valence-corrected chi connectivity index (χ1v) is 11.0. The van der Waals surface area contributed by atoms with Crippen LogP contribution in [0.25, 0.3) is 0 Å². The molecule has 168 valence electrons. The van der Waals surface area contributed by atoms with Crippen molar-refractivity contribution in [2.45, 2.75) is 53.1 Å². The van der Waals surface area contributed by atoms with Gasteiger partial charge in [0.15, 0.2) is 11.5 Å². The van der Waals surface area contributed by atoms with Crippen molar-refractivity contribution in [3.8, 4) is 11.5 Å². The van der Waals surface area contributed by atoms with Crippen molar-refractivity contribution in [3.05, 3.63) is 35.9 Å².